The molecule has 0 unspecified atom stereocenters. The molecular formula is C22H23N3OS. The molecule has 4 rings (SSSR count). The maximum Gasteiger partial charge on any atom is 0.265 e. The summed E-state index contributed by atoms with van der Waals surface area (Å²) < 4.78 is 0. The third kappa shape index (κ3) is 4.03. The second-order valence-electron chi connectivity index (χ2n) is 6.80. The van der Waals surface area contributed by atoms with E-state index in [1.54, 1.807) is 0 Å². The lowest BCUT2D eigenvalue weighted by atomic mass is 10.2. The summed E-state index contributed by atoms with van der Waals surface area (Å²) in [5, 5.41) is 1.00. The fourth-order valence-corrected chi connectivity index (χ4v) is 4.51. The molecule has 27 heavy (non-hydrogen) atoms. The lowest BCUT2D eigenvalue weighted by Crippen LogP contribution is -2.48. The lowest BCUT2D eigenvalue weighted by molar-refractivity contribution is 0.0750. The molecule has 0 bridgehead atoms. The number of aryl methyl sites for hydroxylation is 1. The van der Waals surface area contributed by atoms with Gasteiger partial charge in [-0.3, -0.25) is 4.79 Å². The summed E-state index contributed by atoms with van der Waals surface area (Å²) in [5.74, 6) is 0.122. The van der Waals surface area contributed by atoms with Gasteiger partial charge in [0.15, 0.2) is 0 Å². The summed E-state index contributed by atoms with van der Waals surface area (Å²) in [5.41, 5.74) is 3.30. The van der Waals surface area contributed by atoms with Gasteiger partial charge >= 0.3 is 0 Å². The molecule has 1 amide bonds. The van der Waals surface area contributed by atoms with Gasteiger partial charge in [0.25, 0.3) is 5.91 Å². The fourth-order valence-electron chi connectivity index (χ4n) is 3.45. The topological polar surface area (TPSA) is 36.4 Å². The van der Waals surface area contributed by atoms with Crippen molar-refractivity contribution in [1.82, 2.24) is 9.88 Å². The van der Waals surface area contributed by atoms with Crippen LogP contribution < -0.4 is 4.90 Å². The maximum absolute atomic E-state index is 13.0. The van der Waals surface area contributed by atoms with Gasteiger partial charge in [0.05, 0.1) is 10.7 Å². The number of para-hydroxylation sites is 1. The third-order valence-electron chi connectivity index (χ3n) is 4.92. The number of amides is 1. The van der Waals surface area contributed by atoms with Gasteiger partial charge in [-0.05, 0) is 24.6 Å². The highest BCUT2D eigenvalue weighted by molar-refractivity contribution is 7.13. The molecule has 1 aromatic heterocycles. The van der Waals surface area contributed by atoms with E-state index >= 15 is 0 Å². The minimum absolute atomic E-state index is 0.122. The Labute approximate surface area is 164 Å². The predicted molar refractivity (Wildman–Crippen MR) is 111 cm³/mol. The van der Waals surface area contributed by atoms with Crippen LogP contribution in [0, 0.1) is 6.92 Å². The van der Waals surface area contributed by atoms with Crippen LogP contribution in [0.5, 0.6) is 0 Å². The zero-order valence-corrected chi connectivity index (χ0v) is 16.3. The van der Waals surface area contributed by atoms with Crippen molar-refractivity contribution in [2.24, 2.45) is 0 Å². The van der Waals surface area contributed by atoms with Gasteiger partial charge < -0.3 is 9.80 Å². The average molecular weight is 378 g/mol. The number of carbonyl (C=O) groups is 1. The van der Waals surface area contributed by atoms with Gasteiger partial charge in [-0.25, -0.2) is 4.98 Å². The number of carbonyl (C=O) groups excluding carboxylic acids is 1. The molecule has 0 N–H and O–H groups in total. The fraction of sp³-hybridized carbons (Fsp3) is 0.273. The zero-order chi connectivity index (χ0) is 18.6. The molecule has 1 fully saturated rings. The van der Waals surface area contributed by atoms with E-state index < -0.39 is 0 Å². The van der Waals surface area contributed by atoms with Gasteiger partial charge in [0.2, 0.25) is 0 Å². The second-order valence-corrected chi connectivity index (χ2v) is 7.88. The number of piperazine rings is 1. The van der Waals surface area contributed by atoms with E-state index in [-0.39, 0.29) is 5.91 Å². The van der Waals surface area contributed by atoms with Crippen molar-refractivity contribution in [3.05, 3.63) is 81.8 Å². The first-order chi connectivity index (χ1) is 13.2. The highest BCUT2D eigenvalue weighted by atomic mass is 32.1. The Balaban J connectivity index is 1.41. The first-order valence-corrected chi connectivity index (χ1v) is 10.1. The molecule has 138 valence electrons. The summed E-state index contributed by atoms with van der Waals surface area (Å²) in [6.07, 6.45) is 0.779. The van der Waals surface area contributed by atoms with Crippen LogP contribution in [-0.2, 0) is 6.42 Å². The van der Waals surface area contributed by atoms with Crippen LogP contribution in [0.2, 0.25) is 0 Å². The third-order valence-corrected chi connectivity index (χ3v) is 6.07. The number of nitrogens with zero attached hydrogens (tertiary/aromatic N) is 3. The summed E-state index contributed by atoms with van der Waals surface area (Å²) >= 11 is 1.54. The van der Waals surface area contributed by atoms with Gasteiger partial charge in [0.1, 0.15) is 4.88 Å². The molecule has 2 heterocycles. The minimum Gasteiger partial charge on any atom is -0.368 e. The standard InChI is InChI=1S/C22H23N3OS/c1-17-21(27-20(23-17)16-18-8-4-2-5-9-18)22(26)25-14-12-24(13-15-25)19-10-6-3-7-11-19/h2-11H,12-16H2,1H3. The Morgan fingerprint density at radius 3 is 2.26 bits per heavy atom. The van der Waals surface area contributed by atoms with E-state index in [9.17, 15) is 4.79 Å². The van der Waals surface area contributed by atoms with Gasteiger partial charge in [0, 0.05) is 38.3 Å². The molecule has 0 saturated carbocycles. The molecular weight excluding hydrogens is 354 g/mol. The van der Waals surface area contributed by atoms with E-state index in [1.807, 2.05) is 36.1 Å². The van der Waals surface area contributed by atoms with Gasteiger partial charge in [-0.2, -0.15) is 0 Å². The Hall–Kier alpha value is -2.66. The van der Waals surface area contributed by atoms with Crippen molar-refractivity contribution >= 4 is 22.9 Å². The van der Waals surface area contributed by atoms with Crippen molar-refractivity contribution < 1.29 is 4.79 Å². The zero-order valence-electron chi connectivity index (χ0n) is 15.5. The van der Waals surface area contributed by atoms with Gasteiger partial charge in [-0.15, -0.1) is 11.3 Å². The number of hydrogen-bond donors (Lipinski definition) is 0. The molecule has 1 saturated heterocycles. The van der Waals surface area contributed by atoms with Crippen LogP contribution >= 0.6 is 11.3 Å². The van der Waals surface area contributed by atoms with Crippen LogP contribution in [0.4, 0.5) is 5.69 Å². The van der Waals surface area contributed by atoms with Crippen LogP contribution in [0.1, 0.15) is 25.9 Å². The molecule has 4 nitrogen and oxygen atoms in total. The lowest BCUT2D eigenvalue weighted by Gasteiger charge is -2.36. The Morgan fingerprint density at radius 1 is 0.963 bits per heavy atom. The smallest absolute Gasteiger partial charge is 0.265 e. The van der Waals surface area contributed by atoms with Gasteiger partial charge in [-0.1, -0.05) is 48.5 Å². The molecule has 2 aromatic carbocycles. The Morgan fingerprint density at radius 2 is 1.59 bits per heavy atom. The highest BCUT2D eigenvalue weighted by Crippen LogP contribution is 2.24. The minimum atomic E-state index is 0.122. The van der Waals surface area contributed by atoms with E-state index in [4.69, 9.17) is 0 Å². The normalized spacial score (nSPS) is 14.4. The number of aromatic nitrogens is 1. The number of thiazole rings is 1. The van der Waals surface area contributed by atoms with E-state index in [2.05, 4.69) is 46.3 Å². The summed E-state index contributed by atoms with van der Waals surface area (Å²) in [4.78, 5) is 22.7. The molecule has 1 aliphatic rings. The quantitative estimate of drug-likeness (QED) is 0.689. The van der Waals surface area contributed by atoms with Crippen molar-refractivity contribution in [3.63, 3.8) is 0 Å². The molecule has 0 radical (unpaired) electrons. The molecule has 0 atom stereocenters. The molecule has 0 spiro atoms. The summed E-state index contributed by atoms with van der Waals surface area (Å²) in [6, 6.07) is 20.7. The van der Waals surface area contributed by atoms with Crippen molar-refractivity contribution in [1.29, 1.82) is 0 Å². The van der Waals surface area contributed by atoms with Crippen molar-refractivity contribution in [3.8, 4) is 0 Å². The van der Waals surface area contributed by atoms with Crippen molar-refractivity contribution in [2.75, 3.05) is 31.1 Å². The van der Waals surface area contributed by atoms with Crippen molar-refractivity contribution in [2.45, 2.75) is 13.3 Å². The number of rotatable bonds is 4. The molecule has 0 aliphatic carbocycles. The maximum atomic E-state index is 13.0. The second kappa shape index (κ2) is 7.92. The van der Waals surface area contributed by atoms with E-state index in [0.717, 1.165) is 48.2 Å². The highest BCUT2D eigenvalue weighted by Gasteiger charge is 2.25. The van der Waals surface area contributed by atoms with Crippen LogP contribution in [0.3, 0.4) is 0 Å². The predicted octanol–water partition coefficient (Wildman–Crippen LogP) is 4.00. The molecule has 5 heteroatoms. The van der Waals surface area contributed by atoms with Crippen LogP contribution in [-0.4, -0.2) is 42.0 Å². The first kappa shape index (κ1) is 17.7. The van der Waals surface area contributed by atoms with E-state index in [0.29, 0.717) is 0 Å². The van der Waals surface area contributed by atoms with E-state index in [1.165, 1.54) is 22.6 Å². The Bertz CT molecular complexity index is 900. The summed E-state index contributed by atoms with van der Waals surface area (Å²) in [7, 11) is 0. The molecule has 1 aliphatic heterocycles. The summed E-state index contributed by atoms with van der Waals surface area (Å²) in [6.45, 7) is 5.17. The van der Waals surface area contributed by atoms with Crippen LogP contribution in [0.15, 0.2) is 60.7 Å². The Kier molecular flexibility index (Phi) is 5.21. The SMILES string of the molecule is Cc1nc(Cc2ccccc2)sc1C(=O)N1CCN(c2ccccc2)CC1. The van der Waals surface area contributed by atoms with Crippen LogP contribution in [0.25, 0.3) is 0 Å². The number of hydrogen-bond acceptors (Lipinski definition) is 4. The number of anilines is 1. The molecule has 3 aromatic rings. The largest absolute Gasteiger partial charge is 0.368 e. The number of benzene rings is 2. The first-order valence-electron chi connectivity index (χ1n) is 9.30. The monoisotopic (exact) mass is 377 g/mol. The average Bonchev–Trinajstić information content (AvgIpc) is 3.09.